The molecule has 0 aromatic carbocycles. The van der Waals surface area contributed by atoms with Gasteiger partial charge in [0.25, 0.3) is 0 Å². The normalized spacial score (nSPS) is 13.0. The van der Waals surface area contributed by atoms with Crippen molar-refractivity contribution in [2.45, 2.75) is 25.9 Å². The van der Waals surface area contributed by atoms with E-state index >= 15 is 0 Å². The fraction of sp³-hybridized carbons (Fsp3) is 0.467. The second kappa shape index (κ2) is 7.48. The molecule has 19 heavy (non-hydrogen) atoms. The summed E-state index contributed by atoms with van der Waals surface area (Å²) in [6.45, 7) is 5.13. The van der Waals surface area contributed by atoms with E-state index in [1.165, 1.54) is 4.88 Å². The van der Waals surface area contributed by atoms with E-state index in [1.54, 1.807) is 6.26 Å². The van der Waals surface area contributed by atoms with Gasteiger partial charge in [0.15, 0.2) is 0 Å². The summed E-state index contributed by atoms with van der Waals surface area (Å²) in [5.41, 5.74) is 0. The molecule has 2 aromatic rings. The highest BCUT2D eigenvalue weighted by Crippen LogP contribution is 2.10. The molecule has 0 radical (unpaired) electrons. The van der Waals surface area contributed by atoms with E-state index in [1.807, 2.05) is 23.5 Å². The van der Waals surface area contributed by atoms with Crippen molar-refractivity contribution >= 4 is 11.3 Å². The number of hydrogen-bond donors (Lipinski definition) is 1. The topological polar surface area (TPSA) is 28.4 Å². The van der Waals surface area contributed by atoms with Crippen molar-refractivity contribution in [1.82, 2.24) is 10.2 Å². The summed E-state index contributed by atoms with van der Waals surface area (Å²) in [5, 5.41) is 5.57. The highest BCUT2D eigenvalue weighted by atomic mass is 32.1. The van der Waals surface area contributed by atoms with E-state index in [-0.39, 0.29) is 0 Å². The maximum Gasteiger partial charge on any atom is 0.117 e. The van der Waals surface area contributed by atoms with Gasteiger partial charge in [0, 0.05) is 24.0 Å². The van der Waals surface area contributed by atoms with E-state index in [2.05, 4.69) is 41.7 Å². The predicted molar refractivity (Wildman–Crippen MR) is 80.5 cm³/mol. The zero-order valence-electron chi connectivity index (χ0n) is 11.6. The molecule has 1 unspecified atom stereocenters. The van der Waals surface area contributed by atoms with E-state index in [0.29, 0.717) is 6.04 Å². The molecule has 2 aromatic heterocycles. The van der Waals surface area contributed by atoms with Crippen molar-refractivity contribution in [2.24, 2.45) is 0 Å². The first-order chi connectivity index (χ1) is 9.25. The third-order valence-corrected chi connectivity index (χ3v) is 4.30. The Morgan fingerprint density at radius 2 is 2.26 bits per heavy atom. The lowest BCUT2D eigenvalue weighted by molar-refractivity contribution is 0.252. The Kier molecular flexibility index (Phi) is 5.63. The van der Waals surface area contributed by atoms with Gasteiger partial charge in [0.05, 0.1) is 12.8 Å². The number of hydrogen-bond acceptors (Lipinski definition) is 4. The Balaban J connectivity index is 1.63. The van der Waals surface area contributed by atoms with Gasteiger partial charge in [0.1, 0.15) is 5.76 Å². The van der Waals surface area contributed by atoms with Gasteiger partial charge in [-0.25, -0.2) is 0 Å². The fourth-order valence-electron chi connectivity index (χ4n) is 1.94. The second-order valence-electron chi connectivity index (χ2n) is 4.87. The fourth-order valence-corrected chi connectivity index (χ4v) is 2.63. The Morgan fingerprint density at radius 3 is 2.95 bits per heavy atom. The summed E-state index contributed by atoms with van der Waals surface area (Å²) in [7, 11) is 2.19. The van der Waals surface area contributed by atoms with Gasteiger partial charge in [-0.2, -0.15) is 0 Å². The van der Waals surface area contributed by atoms with Gasteiger partial charge < -0.3 is 14.6 Å². The summed E-state index contributed by atoms with van der Waals surface area (Å²) in [5.74, 6) is 0.994. The van der Waals surface area contributed by atoms with Crippen LogP contribution in [0, 0.1) is 0 Å². The molecule has 0 saturated heterocycles. The summed E-state index contributed by atoms with van der Waals surface area (Å²) >= 11 is 1.84. The summed E-state index contributed by atoms with van der Waals surface area (Å²) in [6, 6.07) is 8.77. The van der Waals surface area contributed by atoms with E-state index in [4.69, 9.17) is 4.42 Å². The standard InChI is InChI=1S/C15H22N2OS/c1-13(11-16-12-14-5-3-9-18-14)17(2)8-7-15-6-4-10-19-15/h3-6,9-10,13,16H,7-8,11-12H2,1-2H3. The SMILES string of the molecule is CC(CNCc1ccco1)N(C)CCc1cccs1. The molecule has 0 aliphatic rings. The third kappa shape index (κ3) is 4.82. The maximum absolute atomic E-state index is 5.30. The average Bonchev–Trinajstić information content (AvgIpc) is 3.08. The van der Waals surface area contributed by atoms with Crippen LogP contribution in [0.3, 0.4) is 0 Å². The van der Waals surface area contributed by atoms with Gasteiger partial charge in [-0.05, 0) is 44.0 Å². The molecule has 2 rings (SSSR count). The molecule has 4 heteroatoms. The van der Waals surface area contributed by atoms with Crippen LogP contribution in [-0.2, 0) is 13.0 Å². The molecule has 0 aliphatic carbocycles. The molecular formula is C15H22N2OS. The molecule has 0 fully saturated rings. The van der Waals surface area contributed by atoms with Crippen LogP contribution in [0.1, 0.15) is 17.6 Å². The molecule has 1 N–H and O–H groups in total. The van der Waals surface area contributed by atoms with Crippen LogP contribution in [0.2, 0.25) is 0 Å². The molecule has 0 bridgehead atoms. The lowest BCUT2D eigenvalue weighted by Gasteiger charge is -2.24. The van der Waals surface area contributed by atoms with Gasteiger partial charge in [0.2, 0.25) is 0 Å². The Morgan fingerprint density at radius 1 is 1.37 bits per heavy atom. The van der Waals surface area contributed by atoms with Gasteiger partial charge >= 0.3 is 0 Å². The second-order valence-corrected chi connectivity index (χ2v) is 5.90. The van der Waals surface area contributed by atoms with Crippen LogP contribution in [0.25, 0.3) is 0 Å². The Labute approximate surface area is 119 Å². The lowest BCUT2D eigenvalue weighted by atomic mass is 10.2. The average molecular weight is 278 g/mol. The minimum absolute atomic E-state index is 0.523. The quantitative estimate of drug-likeness (QED) is 0.804. The number of nitrogens with one attached hydrogen (secondary N) is 1. The van der Waals surface area contributed by atoms with Crippen molar-refractivity contribution in [3.63, 3.8) is 0 Å². The van der Waals surface area contributed by atoms with Crippen molar-refractivity contribution < 1.29 is 4.42 Å². The van der Waals surface area contributed by atoms with Crippen LogP contribution in [0.5, 0.6) is 0 Å². The van der Waals surface area contributed by atoms with Crippen LogP contribution in [0.15, 0.2) is 40.3 Å². The van der Waals surface area contributed by atoms with Gasteiger partial charge in [-0.1, -0.05) is 6.07 Å². The van der Waals surface area contributed by atoms with Crippen molar-refractivity contribution in [3.05, 3.63) is 46.5 Å². The Bertz CT molecular complexity index is 439. The van der Waals surface area contributed by atoms with E-state index < -0.39 is 0 Å². The largest absolute Gasteiger partial charge is 0.468 e. The van der Waals surface area contributed by atoms with Crippen molar-refractivity contribution in [2.75, 3.05) is 20.1 Å². The zero-order chi connectivity index (χ0) is 13.5. The number of rotatable bonds is 8. The summed E-state index contributed by atoms with van der Waals surface area (Å²) in [6.07, 6.45) is 2.85. The van der Waals surface area contributed by atoms with Gasteiger partial charge in [-0.3, -0.25) is 0 Å². The number of likely N-dealkylation sites (N-methyl/N-ethyl adjacent to an activating group) is 1. The van der Waals surface area contributed by atoms with Crippen LogP contribution in [-0.4, -0.2) is 31.1 Å². The number of furan rings is 1. The first-order valence-electron chi connectivity index (χ1n) is 6.71. The molecule has 3 nitrogen and oxygen atoms in total. The molecule has 2 heterocycles. The predicted octanol–water partition coefficient (Wildman–Crippen LogP) is 2.99. The maximum atomic E-state index is 5.30. The van der Waals surface area contributed by atoms with Crippen LogP contribution in [0.4, 0.5) is 0 Å². The van der Waals surface area contributed by atoms with Gasteiger partial charge in [-0.15, -0.1) is 11.3 Å². The number of thiophene rings is 1. The molecule has 104 valence electrons. The molecule has 0 spiro atoms. The monoisotopic (exact) mass is 278 g/mol. The smallest absolute Gasteiger partial charge is 0.117 e. The van der Waals surface area contributed by atoms with Crippen molar-refractivity contribution in [3.8, 4) is 0 Å². The van der Waals surface area contributed by atoms with E-state index in [0.717, 1.165) is 31.8 Å². The first-order valence-corrected chi connectivity index (χ1v) is 7.59. The summed E-state index contributed by atoms with van der Waals surface area (Å²) < 4.78 is 5.30. The van der Waals surface area contributed by atoms with Crippen LogP contribution < -0.4 is 5.32 Å². The zero-order valence-corrected chi connectivity index (χ0v) is 12.5. The minimum Gasteiger partial charge on any atom is -0.468 e. The lowest BCUT2D eigenvalue weighted by Crippen LogP contribution is -2.38. The highest BCUT2D eigenvalue weighted by Gasteiger charge is 2.09. The first kappa shape index (κ1) is 14.3. The summed E-state index contributed by atoms with van der Waals surface area (Å²) in [4.78, 5) is 3.86. The van der Waals surface area contributed by atoms with E-state index in [9.17, 15) is 0 Å². The van der Waals surface area contributed by atoms with Crippen molar-refractivity contribution in [1.29, 1.82) is 0 Å². The molecule has 1 atom stereocenters. The third-order valence-electron chi connectivity index (χ3n) is 3.36. The molecular weight excluding hydrogens is 256 g/mol. The molecule has 0 aliphatic heterocycles. The highest BCUT2D eigenvalue weighted by molar-refractivity contribution is 7.09. The number of nitrogens with zero attached hydrogens (tertiary/aromatic N) is 1. The minimum atomic E-state index is 0.523. The molecule has 0 amide bonds. The van der Waals surface area contributed by atoms with Crippen LogP contribution >= 0.6 is 11.3 Å². The Hall–Kier alpha value is -1.10. The molecule has 0 saturated carbocycles.